The Kier molecular flexibility index (Phi) is 7.70. The van der Waals surface area contributed by atoms with Crippen LogP contribution in [0.1, 0.15) is 44.7 Å². The summed E-state index contributed by atoms with van der Waals surface area (Å²) >= 11 is 0. The molecular weight excluding hydrogens is 474 g/mol. The van der Waals surface area contributed by atoms with Crippen molar-refractivity contribution in [2.24, 2.45) is 16.5 Å². The monoisotopic (exact) mass is 495 g/mol. The summed E-state index contributed by atoms with van der Waals surface area (Å²) in [5.74, 6) is -5.48. The van der Waals surface area contributed by atoms with E-state index in [2.05, 4.69) is 10.3 Å². The fourth-order valence-corrected chi connectivity index (χ4v) is 3.51. The van der Waals surface area contributed by atoms with Crippen LogP contribution < -0.4 is 26.3 Å². The Hall–Kier alpha value is -5.12. The maximum atomic E-state index is 13.0. The third kappa shape index (κ3) is 5.86. The van der Waals surface area contributed by atoms with E-state index in [0.717, 1.165) is 0 Å². The molecule has 1 unspecified atom stereocenters. The Labute approximate surface area is 203 Å². The quantitative estimate of drug-likeness (QED) is 0.162. The highest BCUT2D eigenvalue weighted by Crippen LogP contribution is 2.36. The van der Waals surface area contributed by atoms with Crippen molar-refractivity contribution in [3.05, 3.63) is 52.6 Å². The molecule has 0 radical (unpaired) electrons. The van der Waals surface area contributed by atoms with Gasteiger partial charge in [0.15, 0.2) is 17.5 Å². The second-order valence-electron chi connectivity index (χ2n) is 7.61. The van der Waals surface area contributed by atoms with Crippen molar-refractivity contribution in [1.29, 1.82) is 5.26 Å². The highest BCUT2D eigenvalue weighted by molar-refractivity contribution is 6.03. The molecule has 1 aliphatic rings. The van der Waals surface area contributed by atoms with Crippen LogP contribution >= 0.6 is 0 Å². The van der Waals surface area contributed by atoms with Crippen LogP contribution in [0.25, 0.3) is 0 Å². The molecule has 0 aliphatic carbocycles. The van der Waals surface area contributed by atoms with Gasteiger partial charge < -0.3 is 36.5 Å². The summed E-state index contributed by atoms with van der Waals surface area (Å²) in [5.41, 5.74) is 11.5. The molecule has 0 bridgehead atoms. The van der Waals surface area contributed by atoms with Crippen LogP contribution in [0.3, 0.4) is 0 Å². The minimum atomic E-state index is -1.77. The van der Waals surface area contributed by atoms with E-state index >= 15 is 0 Å². The van der Waals surface area contributed by atoms with E-state index in [1.807, 2.05) is 0 Å². The molecule has 0 saturated carbocycles. The second kappa shape index (κ2) is 10.9. The zero-order valence-electron chi connectivity index (χ0n) is 18.7. The predicted molar refractivity (Wildman–Crippen MR) is 123 cm³/mol. The SMILES string of the molecule is N#Cc1ccc2c(c1C(=O)NC(CC(=O)O)C(=O)O)OCCCc1cc(N=C(N)N)ccc1C(=O)O2. The smallest absolute Gasteiger partial charge is 0.343 e. The summed E-state index contributed by atoms with van der Waals surface area (Å²) in [7, 11) is 0. The van der Waals surface area contributed by atoms with Crippen molar-refractivity contribution in [3.8, 4) is 17.6 Å². The van der Waals surface area contributed by atoms with Crippen molar-refractivity contribution in [2.45, 2.75) is 25.3 Å². The average Bonchev–Trinajstić information content (AvgIpc) is 2.80. The number of nitrogens with two attached hydrogens (primary N) is 2. The van der Waals surface area contributed by atoms with Crippen molar-refractivity contribution in [3.63, 3.8) is 0 Å². The second-order valence-corrected chi connectivity index (χ2v) is 7.61. The van der Waals surface area contributed by atoms with Crippen LogP contribution in [0.5, 0.6) is 11.5 Å². The van der Waals surface area contributed by atoms with Crippen molar-refractivity contribution in [1.82, 2.24) is 5.32 Å². The van der Waals surface area contributed by atoms with E-state index in [4.69, 9.17) is 26.0 Å². The number of carboxylic acid groups (broad SMARTS) is 2. The summed E-state index contributed by atoms with van der Waals surface area (Å²) in [5, 5.41) is 29.8. The lowest BCUT2D eigenvalue weighted by Crippen LogP contribution is -2.42. The maximum Gasteiger partial charge on any atom is 0.343 e. The number of guanidine groups is 1. The standard InChI is InChI=1S/C23H21N5O8/c24-10-12-3-6-16-19(18(12)20(31)28-15(21(32)33)9-17(29)30)35-7-1-2-11-8-13(27-23(25)26)4-5-14(11)22(34)36-16/h3-6,8,15H,1-2,7,9H2,(H,28,31)(H,29,30)(H,32,33)(H4,25,26,27). The molecule has 0 spiro atoms. The van der Waals surface area contributed by atoms with Crippen molar-refractivity contribution >= 4 is 35.5 Å². The number of nitrogens with one attached hydrogen (secondary N) is 1. The van der Waals surface area contributed by atoms with Gasteiger partial charge in [-0.1, -0.05) is 0 Å². The first-order valence-electron chi connectivity index (χ1n) is 10.5. The number of aryl methyl sites for hydroxylation is 1. The Balaban J connectivity index is 2.03. The molecule has 13 nitrogen and oxygen atoms in total. The third-order valence-corrected chi connectivity index (χ3v) is 5.06. The van der Waals surface area contributed by atoms with Gasteiger partial charge in [-0.2, -0.15) is 5.26 Å². The van der Waals surface area contributed by atoms with Gasteiger partial charge >= 0.3 is 17.9 Å². The summed E-state index contributed by atoms with van der Waals surface area (Å²) in [6, 6.07) is 7.14. The van der Waals surface area contributed by atoms with Gasteiger partial charge in [0.1, 0.15) is 17.7 Å². The van der Waals surface area contributed by atoms with Gasteiger partial charge in [0.2, 0.25) is 0 Å². The number of fused-ring (bicyclic) bond motifs is 2. The van der Waals surface area contributed by atoms with Crippen LogP contribution in [-0.2, 0) is 16.0 Å². The predicted octanol–water partition coefficient (Wildman–Crippen LogP) is 0.665. The number of carbonyl (C=O) groups is 4. The molecular formula is C23H21N5O8. The fourth-order valence-electron chi connectivity index (χ4n) is 3.51. The number of carboxylic acids is 2. The summed E-state index contributed by atoms with van der Waals surface area (Å²) in [6.07, 6.45) is -0.168. The van der Waals surface area contributed by atoms with Gasteiger partial charge in [0.25, 0.3) is 5.91 Å². The molecule has 7 N–H and O–H groups in total. The molecule has 0 fully saturated rings. The summed E-state index contributed by atoms with van der Waals surface area (Å²) < 4.78 is 11.2. The number of benzene rings is 2. The van der Waals surface area contributed by atoms with E-state index < -0.39 is 36.3 Å². The highest BCUT2D eigenvalue weighted by atomic mass is 16.6. The largest absolute Gasteiger partial charge is 0.489 e. The van der Waals surface area contributed by atoms with Crippen LogP contribution in [0, 0.1) is 11.3 Å². The van der Waals surface area contributed by atoms with Crippen LogP contribution in [-0.4, -0.2) is 52.6 Å². The number of aliphatic carboxylic acids is 2. The molecule has 2 aromatic rings. The molecule has 2 aromatic carbocycles. The minimum Gasteiger partial charge on any atom is -0.489 e. The number of aliphatic imine (C=N–C) groups is 1. The molecule has 186 valence electrons. The number of amides is 1. The lowest BCUT2D eigenvalue weighted by Gasteiger charge is -2.20. The summed E-state index contributed by atoms with van der Waals surface area (Å²) in [6.45, 7) is 0.0309. The van der Waals surface area contributed by atoms with E-state index in [1.54, 1.807) is 12.1 Å². The van der Waals surface area contributed by atoms with E-state index in [9.17, 15) is 29.5 Å². The fraction of sp³-hybridized carbons (Fsp3) is 0.217. The lowest BCUT2D eigenvalue weighted by atomic mass is 10.0. The highest BCUT2D eigenvalue weighted by Gasteiger charge is 2.30. The minimum absolute atomic E-state index is 0.0309. The first kappa shape index (κ1) is 25.5. The van der Waals surface area contributed by atoms with E-state index in [1.165, 1.54) is 24.3 Å². The van der Waals surface area contributed by atoms with Gasteiger partial charge in [0, 0.05) is 0 Å². The molecule has 1 heterocycles. The number of esters is 1. The zero-order valence-corrected chi connectivity index (χ0v) is 18.7. The molecule has 3 rings (SSSR count). The van der Waals surface area contributed by atoms with Crippen LogP contribution in [0.4, 0.5) is 5.69 Å². The Morgan fingerprint density at radius 3 is 2.58 bits per heavy atom. The Bertz CT molecular complexity index is 1310. The number of hydrogen-bond donors (Lipinski definition) is 5. The molecule has 13 heteroatoms. The van der Waals surface area contributed by atoms with Gasteiger partial charge in [-0.25, -0.2) is 14.6 Å². The van der Waals surface area contributed by atoms with Crippen molar-refractivity contribution < 1.29 is 38.9 Å². The van der Waals surface area contributed by atoms with Crippen molar-refractivity contribution in [2.75, 3.05) is 6.61 Å². The van der Waals surface area contributed by atoms with Crippen LogP contribution in [0.2, 0.25) is 0 Å². The zero-order chi connectivity index (χ0) is 26.4. The molecule has 1 atom stereocenters. The Morgan fingerprint density at radius 2 is 1.94 bits per heavy atom. The molecule has 0 saturated heterocycles. The topological polar surface area (TPSA) is 227 Å². The maximum absolute atomic E-state index is 13.0. The number of ether oxygens (including phenoxy) is 2. The number of rotatable bonds is 6. The number of carbonyl (C=O) groups excluding carboxylic acids is 2. The number of nitrogens with zero attached hydrogens (tertiary/aromatic N) is 2. The number of hydrogen-bond acceptors (Lipinski definition) is 8. The van der Waals surface area contributed by atoms with Gasteiger partial charge in [0.05, 0.1) is 29.8 Å². The normalized spacial score (nSPS) is 13.4. The first-order valence-corrected chi connectivity index (χ1v) is 10.5. The van der Waals surface area contributed by atoms with E-state index in [-0.39, 0.29) is 40.8 Å². The van der Waals surface area contributed by atoms with Gasteiger partial charge in [-0.15, -0.1) is 0 Å². The molecule has 36 heavy (non-hydrogen) atoms. The number of nitriles is 1. The van der Waals surface area contributed by atoms with Gasteiger partial charge in [-0.3, -0.25) is 9.59 Å². The first-order chi connectivity index (χ1) is 17.1. The van der Waals surface area contributed by atoms with E-state index in [0.29, 0.717) is 24.1 Å². The molecule has 1 amide bonds. The van der Waals surface area contributed by atoms with Crippen LogP contribution in [0.15, 0.2) is 35.3 Å². The molecule has 0 aromatic heterocycles. The summed E-state index contributed by atoms with van der Waals surface area (Å²) in [4.78, 5) is 52.3. The molecule has 1 aliphatic heterocycles. The lowest BCUT2D eigenvalue weighted by molar-refractivity contribution is -0.145. The average molecular weight is 495 g/mol. The third-order valence-electron chi connectivity index (χ3n) is 5.06. The Morgan fingerprint density at radius 1 is 1.19 bits per heavy atom. The van der Waals surface area contributed by atoms with Gasteiger partial charge in [-0.05, 0) is 48.7 Å².